The van der Waals surface area contributed by atoms with E-state index in [-0.39, 0.29) is 18.3 Å². The minimum atomic E-state index is -3.27. The molecule has 3 heterocycles. The van der Waals surface area contributed by atoms with Crippen molar-refractivity contribution in [1.29, 1.82) is 0 Å². The Bertz CT molecular complexity index is 888. The highest BCUT2D eigenvalue weighted by Crippen LogP contribution is 2.24. The first kappa shape index (κ1) is 15.6. The second kappa shape index (κ2) is 5.43. The lowest BCUT2D eigenvalue weighted by molar-refractivity contribution is 0.0945. The van der Waals surface area contributed by atoms with Gasteiger partial charge in [0.05, 0.1) is 17.5 Å². The van der Waals surface area contributed by atoms with Crippen LogP contribution in [0.1, 0.15) is 27.2 Å². The molecule has 2 aromatic heterocycles. The summed E-state index contributed by atoms with van der Waals surface area (Å²) in [4.78, 5) is 16.8. The van der Waals surface area contributed by atoms with Crippen molar-refractivity contribution < 1.29 is 13.2 Å². The van der Waals surface area contributed by atoms with Gasteiger partial charge in [0.15, 0.2) is 0 Å². The van der Waals surface area contributed by atoms with Crippen LogP contribution < -0.4 is 5.73 Å². The molecule has 0 aliphatic carbocycles. The Balaban J connectivity index is 2.01. The molecular weight excluding hydrogens is 318 g/mol. The van der Waals surface area contributed by atoms with Crippen LogP contribution in [-0.4, -0.2) is 46.2 Å². The average Bonchev–Trinajstić information content (AvgIpc) is 2.83. The van der Waals surface area contributed by atoms with Crippen molar-refractivity contribution in [2.24, 2.45) is 0 Å². The highest BCUT2D eigenvalue weighted by Gasteiger charge is 2.27. The Morgan fingerprint density at radius 1 is 1.35 bits per heavy atom. The molecule has 0 atom stereocenters. The van der Waals surface area contributed by atoms with E-state index < -0.39 is 10.0 Å². The number of fused-ring (bicyclic) bond motifs is 1. The maximum absolute atomic E-state index is 12.7. The minimum Gasteiger partial charge on any atom is -0.383 e. The fraction of sp³-hybridized carbons (Fsp3) is 0.357. The third-order valence-corrected chi connectivity index (χ3v) is 5.11. The summed E-state index contributed by atoms with van der Waals surface area (Å²) in [5.41, 5.74) is 8.40. The van der Waals surface area contributed by atoms with Crippen LogP contribution in [-0.2, 0) is 23.0 Å². The molecule has 3 rings (SSSR count). The quantitative estimate of drug-likeness (QED) is 0.838. The lowest BCUT2D eigenvalue weighted by Gasteiger charge is -2.27. The Labute approximate surface area is 134 Å². The first-order valence-corrected chi connectivity index (χ1v) is 8.90. The summed E-state index contributed by atoms with van der Waals surface area (Å²) in [6.07, 6.45) is 4.70. The number of nitrogens with two attached hydrogens (primary N) is 1. The van der Waals surface area contributed by atoms with Crippen molar-refractivity contribution in [3.63, 3.8) is 0 Å². The summed E-state index contributed by atoms with van der Waals surface area (Å²) in [5.74, 6) is -0.0913. The number of nitrogens with zero attached hydrogens (tertiary/aromatic N) is 4. The molecule has 8 nitrogen and oxygen atoms in total. The standard InChI is InChI=1S/C14H17N5O3S/c1-9-5-13(15)19(17-9)14(20)12-7-16-6-10-8-18(23(2,21)22)4-3-11(10)12/h5-7H,3-4,8,15H2,1-2H3. The number of sulfonamides is 1. The van der Waals surface area contributed by atoms with E-state index >= 15 is 0 Å². The molecule has 2 N–H and O–H groups in total. The van der Waals surface area contributed by atoms with E-state index in [0.717, 1.165) is 15.8 Å². The van der Waals surface area contributed by atoms with Crippen molar-refractivity contribution >= 4 is 21.7 Å². The Hall–Kier alpha value is -2.26. The second-order valence-corrected chi connectivity index (χ2v) is 7.58. The normalized spacial score (nSPS) is 15.4. The van der Waals surface area contributed by atoms with Crippen LogP contribution in [0.3, 0.4) is 0 Å². The lowest BCUT2D eigenvalue weighted by atomic mass is 9.98. The summed E-state index contributed by atoms with van der Waals surface area (Å²) >= 11 is 0. The monoisotopic (exact) mass is 335 g/mol. The Kier molecular flexibility index (Phi) is 3.69. The molecule has 1 aliphatic rings. The van der Waals surface area contributed by atoms with Crippen LogP contribution in [0.25, 0.3) is 0 Å². The fourth-order valence-electron chi connectivity index (χ4n) is 2.73. The summed E-state index contributed by atoms with van der Waals surface area (Å²) in [6.45, 7) is 2.31. The summed E-state index contributed by atoms with van der Waals surface area (Å²) in [7, 11) is -3.27. The topological polar surface area (TPSA) is 111 Å². The van der Waals surface area contributed by atoms with Crippen LogP contribution >= 0.6 is 0 Å². The van der Waals surface area contributed by atoms with Gasteiger partial charge in [0.25, 0.3) is 5.91 Å². The van der Waals surface area contributed by atoms with Gasteiger partial charge >= 0.3 is 0 Å². The van der Waals surface area contributed by atoms with Gasteiger partial charge < -0.3 is 5.73 Å². The highest BCUT2D eigenvalue weighted by molar-refractivity contribution is 7.88. The number of hydrogen-bond donors (Lipinski definition) is 1. The average molecular weight is 335 g/mol. The van der Waals surface area contributed by atoms with E-state index in [0.29, 0.717) is 24.2 Å². The third kappa shape index (κ3) is 2.84. The zero-order valence-corrected chi connectivity index (χ0v) is 13.7. The second-order valence-electron chi connectivity index (χ2n) is 5.60. The molecule has 0 saturated carbocycles. The molecule has 9 heteroatoms. The van der Waals surface area contributed by atoms with Gasteiger partial charge in [0.2, 0.25) is 10.0 Å². The number of aryl methyl sites for hydroxylation is 1. The predicted molar refractivity (Wildman–Crippen MR) is 84.3 cm³/mol. The van der Waals surface area contributed by atoms with Crippen molar-refractivity contribution in [1.82, 2.24) is 19.1 Å². The molecule has 23 heavy (non-hydrogen) atoms. The predicted octanol–water partition coefficient (Wildman–Crippen LogP) is 0.175. The van der Waals surface area contributed by atoms with E-state index in [9.17, 15) is 13.2 Å². The van der Waals surface area contributed by atoms with Crippen LogP contribution in [0, 0.1) is 6.92 Å². The first-order valence-electron chi connectivity index (χ1n) is 7.05. The zero-order valence-electron chi connectivity index (χ0n) is 12.9. The molecule has 1 aliphatic heterocycles. The van der Waals surface area contributed by atoms with Gasteiger partial charge in [-0.05, 0) is 24.5 Å². The molecule has 0 spiro atoms. The summed E-state index contributed by atoms with van der Waals surface area (Å²) in [5, 5.41) is 4.10. The van der Waals surface area contributed by atoms with Crippen molar-refractivity contribution in [3.05, 3.63) is 40.8 Å². The molecule has 0 amide bonds. The molecule has 0 unspecified atom stereocenters. The number of rotatable bonds is 2. The number of carbonyl (C=O) groups excluding carboxylic acids is 1. The van der Waals surface area contributed by atoms with Gasteiger partial charge in [0, 0.05) is 31.5 Å². The van der Waals surface area contributed by atoms with Crippen LogP contribution in [0.2, 0.25) is 0 Å². The van der Waals surface area contributed by atoms with E-state index in [1.54, 1.807) is 19.2 Å². The maximum atomic E-state index is 12.7. The van der Waals surface area contributed by atoms with Crippen LogP contribution in [0.15, 0.2) is 18.5 Å². The van der Waals surface area contributed by atoms with Gasteiger partial charge in [-0.2, -0.15) is 14.1 Å². The molecule has 0 radical (unpaired) electrons. The van der Waals surface area contributed by atoms with Crippen LogP contribution in [0.5, 0.6) is 0 Å². The smallest absolute Gasteiger partial charge is 0.281 e. The maximum Gasteiger partial charge on any atom is 0.281 e. The number of aromatic nitrogens is 3. The Morgan fingerprint density at radius 2 is 2.09 bits per heavy atom. The number of pyridine rings is 1. The van der Waals surface area contributed by atoms with Gasteiger partial charge in [-0.1, -0.05) is 0 Å². The fourth-order valence-corrected chi connectivity index (χ4v) is 3.53. The van der Waals surface area contributed by atoms with E-state index in [2.05, 4.69) is 10.1 Å². The minimum absolute atomic E-state index is 0.218. The van der Waals surface area contributed by atoms with Crippen LogP contribution in [0.4, 0.5) is 5.82 Å². The van der Waals surface area contributed by atoms with Crippen molar-refractivity contribution in [2.45, 2.75) is 19.9 Å². The molecule has 122 valence electrons. The summed E-state index contributed by atoms with van der Waals surface area (Å²) in [6, 6.07) is 1.62. The molecule has 0 bridgehead atoms. The van der Waals surface area contributed by atoms with Gasteiger partial charge in [-0.25, -0.2) is 8.42 Å². The van der Waals surface area contributed by atoms with Crippen molar-refractivity contribution in [2.75, 3.05) is 18.5 Å². The number of anilines is 1. The SMILES string of the molecule is Cc1cc(N)n(C(=O)c2cncc3c2CCN(S(C)(=O)=O)C3)n1. The number of nitrogen functional groups attached to an aromatic ring is 1. The lowest BCUT2D eigenvalue weighted by Crippen LogP contribution is -2.36. The third-order valence-electron chi connectivity index (χ3n) is 3.86. The van der Waals surface area contributed by atoms with Gasteiger partial charge in [-0.15, -0.1) is 0 Å². The zero-order chi connectivity index (χ0) is 16.8. The van der Waals surface area contributed by atoms with Gasteiger partial charge in [0.1, 0.15) is 5.82 Å². The molecule has 2 aromatic rings. The summed E-state index contributed by atoms with van der Waals surface area (Å²) < 4.78 is 25.9. The van der Waals surface area contributed by atoms with E-state index in [1.165, 1.54) is 16.8 Å². The molecule has 0 saturated heterocycles. The van der Waals surface area contributed by atoms with Crippen molar-refractivity contribution in [3.8, 4) is 0 Å². The first-order chi connectivity index (χ1) is 10.8. The number of hydrogen-bond acceptors (Lipinski definition) is 6. The number of carbonyl (C=O) groups is 1. The van der Waals surface area contributed by atoms with Gasteiger partial charge in [-0.3, -0.25) is 9.78 Å². The van der Waals surface area contributed by atoms with E-state index in [4.69, 9.17) is 5.73 Å². The van der Waals surface area contributed by atoms with E-state index in [1.807, 2.05) is 0 Å². The molecule has 0 aromatic carbocycles. The largest absolute Gasteiger partial charge is 0.383 e. The Morgan fingerprint density at radius 3 is 2.70 bits per heavy atom. The highest BCUT2D eigenvalue weighted by atomic mass is 32.2. The molecule has 0 fully saturated rings. The molecular formula is C14H17N5O3S.